The van der Waals surface area contributed by atoms with E-state index in [-0.39, 0.29) is 18.1 Å². The number of aliphatic hydroxyl groups excluding tert-OH is 1. The van der Waals surface area contributed by atoms with E-state index in [0.29, 0.717) is 12.3 Å². The lowest BCUT2D eigenvalue weighted by Crippen LogP contribution is -2.35. The normalized spacial score (nSPS) is 27.4. The van der Waals surface area contributed by atoms with E-state index in [1.807, 2.05) is 6.92 Å². The summed E-state index contributed by atoms with van der Waals surface area (Å²) in [6.07, 6.45) is 4.90. The maximum atomic E-state index is 11.5. The molecule has 16 heavy (non-hydrogen) atoms. The molecule has 0 heterocycles. The van der Waals surface area contributed by atoms with Gasteiger partial charge in [-0.05, 0) is 38.0 Å². The molecule has 1 atom stereocenters. The molecule has 1 aliphatic carbocycles. The number of carbonyl (C=O) groups is 1. The molecule has 4 N–H and O–H groups in total. The van der Waals surface area contributed by atoms with E-state index in [1.54, 1.807) is 0 Å². The molecule has 0 aliphatic heterocycles. The van der Waals surface area contributed by atoms with Crippen LogP contribution in [0.3, 0.4) is 0 Å². The number of nitrogens with two attached hydrogens (primary N) is 1. The summed E-state index contributed by atoms with van der Waals surface area (Å²) in [6, 6.07) is -0.0202. The van der Waals surface area contributed by atoms with E-state index in [4.69, 9.17) is 5.73 Å². The molecule has 1 saturated carbocycles. The molecule has 4 heteroatoms. The third-order valence-electron chi connectivity index (χ3n) is 3.38. The predicted molar refractivity (Wildman–Crippen MR) is 63.9 cm³/mol. The van der Waals surface area contributed by atoms with Crippen LogP contribution in [0.2, 0.25) is 0 Å². The lowest BCUT2D eigenvalue weighted by molar-refractivity contribution is -0.121. The minimum Gasteiger partial charge on any atom is -0.393 e. The molecular formula is C12H24N2O2. The summed E-state index contributed by atoms with van der Waals surface area (Å²) in [7, 11) is 0. The maximum absolute atomic E-state index is 11.5. The monoisotopic (exact) mass is 228 g/mol. The Bertz CT molecular complexity index is 213. The first kappa shape index (κ1) is 13.5. The van der Waals surface area contributed by atoms with Gasteiger partial charge in [-0.25, -0.2) is 0 Å². The largest absolute Gasteiger partial charge is 0.393 e. The molecule has 1 unspecified atom stereocenters. The molecule has 0 spiro atoms. The van der Waals surface area contributed by atoms with Gasteiger partial charge in [0.15, 0.2) is 0 Å². The van der Waals surface area contributed by atoms with Gasteiger partial charge in [0.25, 0.3) is 0 Å². The van der Waals surface area contributed by atoms with Crippen molar-refractivity contribution in [3.8, 4) is 0 Å². The first-order valence-corrected chi connectivity index (χ1v) is 6.32. The van der Waals surface area contributed by atoms with Crippen molar-refractivity contribution < 1.29 is 9.90 Å². The Balaban J connectivity index is 2.12. The average molecular weight is 228 g/mol. The predicted octanol–water partition coefficient (Wildman–Crippen LogP) is 0.781. The van der Waals surface area contributed by atoms with Gasteiger partial charge in [-0.15, -0.1) is 0 Å². The number of nitrogens with one attached hydrogen (secondary N) is 1. The van der Waals surface area contributed by atoms with Crippen LogP contribution < -0.4 is 11.1 Å². The fraction of sp³-hybridized carbons (Fsp3) is 0.917. The second kappa shape index (κ2) is 6.86. The zero-order chi connectivity index (χ0) is 12.0. The van der Waals surface area contributed by atoms with E-state index in [1.165, 1.54) is 0 Å². The molecule has 1 fully saturated rings. The number of hydrogen-bond donors (Lipinski definition) is 3. The van der Waals surface area contributed by atoms with Crippen LogP contribution in [-0.4, -0.2) is 29.7 Å². The van der Waals surface area contributed by atoms with Gasteiger partial charge in [-0.3, -0.25) is 4.79 Å². The first-order chi connectivity index (χ1) is 7.61. The Morgan fingerprint density at radius 2 is 2.06 bits per heavy atom. The van der Waals surface area contributed by atoms with Crippen molar-refractivity contribution in [2.24, 2.45) is 11.7 Å². The zero-order valence-corrected chi connectivity index (χ0v) is 10.1. The van der Waals surface area contributed by atoms with Crippen LogP contribution in [0, 0.1) is 5.92 Å². The SMILES string of the molecule is CCC(N)CC(=O)NCC1CCC(O)CC1. The molecular weight excluding hydrogens is 204 g/mol. The highest BCUT2D eigenvalue weighted by Crippen LogP contribution is 2.23. The summed E-state index contributed by atoms with van der Waals surface area (Å²) in [6.45, 7) is 2.72. The van der Waals surface area contributed by atoms with Gasteiger partial charge in [0.05, 0.1) is 6.10 Å². The van der Waals surface area contributed by atoms with Crippen molar-refractivity contribution in [2.45, 2.75) is 57.6 Å². The summed E-state index contributed by atoms with van der Waals surface area (Å²) < 4.78 is 0. The van der Waals surface area contributed by atoms with E-state index >= 15 is 0 Å². The second-order valence-electron chi connectivity index (χ2n) is 4.85. The summed E-state index contributed by atoms with van der Waals surface area (Å²) >= 11 is 0. The molecule has 94 valence electrons. The zero-order valence-electron chi connectivity index (χ0n) is 10.1. The van der Waals surface area contributed by atoms with Gasteiger partial charge in [-0.1, -0.05) is 6.92 Å². The number of aliphatic hydroxyl groups is 1. The average Bonchev–Trinajstić information content (AvgIpc) is 2.28. The van der Waals surface area contributed by atoms with E-state index in [2.05, 4.69) is 5.32 Å². The smallest absolute Gasteiger partial charge is 0.221 e. The van der Waals surface area contributed by atoms with Crippen molar-refractivity contribution in [3.63, 3.8) is 0 Å². The van der Waals surface area contributed by atoms with Crippen molar-refractivity contribution in [1.82, 2.24) is 5.32 Å². The van der Waals surface area contributed by atoms with Crippen LogP contribution in [0.5, 0.6) is 0 Å². The number of rotatable bonds is 5. The van der Waals surface area contributed by atoms with E-state index in [0.717, 1.165) is 38.6 Å². The third-order valence-corrected chi connectivity index (χ3v) is 3.38. The lowest BCUT2D eigenvalue weighted by atomic mass is 9.87. The quantitative estimate of drug-likeness (QED) is 0.651. The van der Waals surface area contributed by atoms with Gasteiger partial charge < -0.3 is 16.2 Å². The molecule has 0 aromatic carbocycles. The highest BCUT2D eigenvalue weighted by Gasteiger charge is 2.19. The highest BCUT2D eigenvalue weighted by molar-refractivity contribution is 5.76. The fourth-order valence-corrected chi connectivity index (χ4v) is 2.06. The summed E-state index contributed by atoms with van der Waals surface area (Å²) in [5.74, 6) is 0.589. The van der Waals surface area contributed by atoms with Gasteiger partial charge in [-0.2, -0.15) is 0 Å². The Morgan fingerprint density at radius 1 is 1.44 bits per heavy atom. The number of carbonyl (C=O) groups excluding carboxylic acids is 1. The maximum Gasteiger partial charge on any atom is 0.221 e. The van der Waals surface area contributed by atoms with Crippen LogP contribution in [0.25, 0.3) is 0 Å². The molecule has 0 aromatic rings. The Hall–Kier alpha value is -0.610. The van der Waals surface area contributed by atoms with E-state index < -0.39 is 0 Å². The standard InChI is InChI=1S/C12H24N2O2/c1-2-10(13)7-12(16)14-8-9-3-5-11(15)6-4-9/h9-11,15H,2-8,13H2,1H3,(H,14,16). The highest BCUT2D eigenvalue weighted by atomic mass is 16.3. The van der Waals surface area contributed by atoms with Crippen molar-refractivity contribution in [3.05, 3.63) is 0 Å². The molecule has 1 aliphatic rings. The van der Waals surface area contributed by atoms with Crippen LogP contribution in [0.4, 0.5) is 0 Å². The van der Waals surface area contributed by atoms with Gasteiger partial charge in [0.1, 0.15) is 0 Å². The van der Waals surface area contributed by atoms with E-state index in [9.17, 15) is 9.90 Å². The van der Waals surface area contributed by atoms with Crippen molar-refractivity contribution >= 4 is 5.91 Å². The van der Waals surface area contributed by atoms with Crippen LogP contribution in [0.15, 0.2) is 0 Å². The van der Waals surface area contributed by atoms with Crippen LogP contribution in [0.1, 0.15) is 45.4 Å². The molecule has 1 amide bonds. The van der Waals surface area contributed by atoms with Crippen LogP contribution in [-0.2, 0) is 4.79 Å². The van der Waals surface area contributed by atoms with Crippen molar-refractivity contribution in [1.29, 1.82) is 0 Å². The van der Waals surface area contributed by atoms with Gasteiger partial charge in [0, 0.05) is 19.0 Å². The third kappa shape index (κ3) is 4.94. The van der Waals surface area contributed by atoms with Gasteiger partial charge >= 0.3 is 0 Å². The molecule has 0 bridgehead atoms. The second-order valence-corrected chi connectivity index (χ2v) is 4.85. The minimum absolute atomic E-state index is 0.0202. The molecule has 4 nitrogen and oxygen atoms in total. The summed E-state index contributed by atoms with van der Waals surface area (Å²) in [4.78, 5) is 11.5. The number of amides is 1. The summed E-state index contributed by atoms with van der Waals surface area (Å²) in [5, 5.41) is 12.3. The Kier molecular flexibility index (Phi) is 5.77. The number of hydrogen-bond acceptors (Lipinski definition) is 3. The molecule has 0 saturated heterocycles. The Labute approximate surface area is 97.6 Å². The first-order valence-electron chi connectivity index (χ1n) is 6.32. The summed E-state index contributed by atoms with van der Waals surface area (Å²) in [5.41, 5.74) is 5.71. The molecule has 0 radical (unpaired) electrons. The van der Waals surface area contributed by atoms with Crippen molar-refractivity contribution in [2.75, 3.05) is 6.54 Å². The molecule has 0 aromatic heterocycles. The topological polar surface area (TPSA) is 75.4 Å². The fourth-order valence-electron chi connectivity index (χ4n) is 2.06. The lowest BCUT2D eigenvalue weighted by Gasteiger charge is -2.25. The van der Waals surface area contributed by atoms with Crippen LogP contribution >= 0.6 is 0 Å². The van der Waals surface area contributed by atoms with Gasteiger partial charge in [0.2, 0.25) is 5.91 Å². The Morgan fingerprint density at radius 3 is 2.62 bits per heavy atom. The molecule has 1 rings (SSSR count). The minimum atomic E-state index is -0.125.